The van der Waals surface area contributed by atoms with Crippen molar-refractivity contribution in [3.8, 4) is 5.75 Å². The second kappa shape index (κ2) is 9.13. The number of pyridine rings is 1. The maximum absolute atomic E-state index is 11.8. The Hall–Kier alpha value is -1.27. The third-order valence-corrected chi connectivity index (χ3v) is 3.82. The van der Waals surface area contributed by atoms with Crippen molar-refractivity contribution in [3.63, 3.8) is 0 Å². The number of aromatic nitrogens is 1. The lowest BCUT2D eigenvalue weighted by atomic mass is 10.0. The van der Waals surface area contributed by atoms with E-state index in [1.165, 1.54) is 0 Å². The van der Waals surface area contributed by atoms with Crippen LogP contribution in [0, 0.1) is 5.92 Å². The molecule has 0 saturated carbocycles. The number of ether oxygens (including phenoxy) is 1. The standard InChI is InChI=1S/C15H16ClN3O2.2ClH/c16-12-3-4-13(15-11(12)2-1-5-18-15)21-9-14(20)19-8-10-6-17-7-10;;/h1-5,10,17H,6-9H2,(H,19,20);2*1H. The first-order valence-corrected chi connectivity index (χ1v) is 7.25. The lowest BCUT2D eigenvalue weighted by Crippen LogP contribution is -2.48. The van der Waals surface area contributed by atoms with Gasteiger partial charge in [0.1, 0.15) is 11.3 Å². The second-order valence-corrected chi connectivity index (χ2v) is 5.47. The number of amides is 1. The highest BCUT2D eigenvalue weighted by Gasteiger charge is 2.17. The topological polar surface area (TPSA) is 63.2 Å². The SMILES string of the molecule is Cl.Cl.O=C(COc1ccc(Cl)c2cccnc12)NCC1CNC1. The summed E-state index contributed by atoms with van der Waals surface area (Å²) in [5.74, 6) is 0.975. The molecule has 0 radical (unpaired) electrons. The number of halogens is 3. The molecule has 5 nitrogen and oxygen atoms in total. The van der Waals surface area contributed by atoms with Gasteiger partial charge in [0.15, 0.2) is 6.61 Å². The number of carbonyl (C=O) groups is 1. The Balaban J connectivity index is 0.00000132. The van der Waals surface area contributed by atoms with Crippen LogP contribution < -0.4 is 15.4 Å². The predicted molar refractivity (Wildman–Crippen MR) is 96.1 cm³/mol. The van der Waals surface area contributed by atoms with E-state index in [0.29, 0.717) is 28.8 Å². The van der Waals surface area contributed by atoms with Crippen molar-refractivity contribution in [1.29, 1.82) is 0 Å². The number of carbonyl (C=O) groups excluding carboxylic acids is 1. The highest BCUT2D eigenvalue weighted by Crippen LogP contribution is 2.29. The monoisotopic (exact) mass is 377 g/mol. The van der Waals surface area contributed by atoms with Crippen molar-refractivity contribution < 1.29 is 9.53 Å². The average Bonchev–Trinajstić information content (AvgIpc) is 2.45. The van der Waals surface area contributed by atoms with E-state index in [2.05, 4.69) is 15.6 Å². The van der Waals surface area contributed by atoms with Gasteiger partial charge in [0.05, 0.1) is 5.02 Å². The molecule has 1 fully saturated rings. The molecule has 2 N–H and O–H groups in total. The molecule has 1 saturated heterocycles. The Morgan fingerprint density at radius 1 is 1.35 bits per heavy atom. The minimum Gasteiger partial charge on any atom is -0.481 e. The Morgan fingerprint density at radius 3 is 2.83 bits per heavy atom. The molecular formula is C15H18Cl3N3O2. The van der Waals surface area contributed by atoms with Gasteiger partial charge < -0.3 is 15.4 Å². The van der Waals surface area contributed by atoms with Crippen LogP contribution in [0.15, 0.2) is 30.5 Å². The maximum atomic E-state index is 11.8. The molecule has 1 aliphatic heterocycles. The van der Waals surface area contributed by atoms with E-state index >= 15 is 0 Å². The number of nitrogens with one attached hydrogen (secondary N) is 2. The Morgan fingerprint density at radius 2 is 2.13 bits per heavy atom. The Kier molecular flexibility index (Phi) is 7.85. The Labute approximate surface area is 152 Å². The molecular weight excluding hydrogens is 361 g/mol. The van der Waals surface area contributed by atoms with E-state index in [9.17, 15) is 4.79 Å². The largest absolute Gasteiger partial charge is 0.481 e. The van der Waals surface area contributed by atoms with Crippen LogP contribution in [0.5, 0.6) is 5.75 Å². The fraction of sp³-hybridized carbons (Fsp3) is 0.333. The number of rotatable bonds is 5. The average molecular weight is 379 g/mol. The lowest BCUT2D eigenvalue weighted by Gasteiger charge is -2.27. The maximum Gasteiger partial charge on any atom is 0.257 e. The van der Waals surface area contributed by atoms with Crippen LogP contribution in [0.2, 0.25) is 5.02 Å². The quantitative estimate of drug-likeness (QED) is 0.839. The first-order valence-electron chi connectivity index (χ1n) is 6.87. The van der Waals surface area contributed by atoms with Crippen molar-refractivity contribution in [2.24, 2.45) is 5.92 Å². The van der Waals surface area contributed by atoms with Crippen LogP contribution in [-0.4, -0.2) is 37.1 Å². The normalized spacial score (nSPS) is 13.4. The minimum absolute atomic E-state index is 0. The minimum atomic E-state index is -0.124. The molecule has 2 aromatic rings. The zero-order chi connectivity index (χ0) is 14.7. The highest BCUT2D eigenvalue weighted by molar-refractivity contribution is 6.35. The van der Waals surface area contributed by atoms with Crippen LogP contribution in [0.4, 0.5) is 0 Å². The molecule has 0 spiro atoms. The summed E-state index contributed by atoms with van der Waals surface area (Å²) in [5, 5.41) is 7.46. The van der Waals surface area contributed by atoms with E-state index in [4.69, 9.17) is 16.3 Å². The van der Waals surface area contributed by atoms with E-state index in [0.717, 1.165) is 18.5 Å². The third-order valence-electron chi connectivity index (χ3n) is 3.49. The molecule has 0 atom stereocenters. The van der Waals surface area contributed by atoms with Crippen molar-refractivity contribution in [3.05, 3.63) is 35.5 Å². The molecule has 1 aliphatic rings. The molecule has 8 heteroatoms. The summed E-state index contributed by atoms with van der Waals surface area (Å²) in [6.07, 6.45) is 1.68. The van der Waals surface area contributed by atoms with Gasteiger partial charge in [0.25, 0.3) is 5.91 Å². The molecule has 0 aliphatic carbocycles. The fourth-order valence-corrected chi connectivity index (χ4v) is 2.39. The molecule has 1 aromatic heterocycles. The first-order chi connectivity index (χ1) is 10.2. The summed E-state index contributed by atoms with van der Waals surface area (Å²) in [6, 6.07) is 7.18. The summed E-state index contributed by atoms with van der Waals surface area (Å²) in [6.45, 7) is 2.60. The summed E-state index contributed by atoms with van der Waals surface area (Å²) < 4.78 is 5.57. The van der Waals surface area contributed by atoms with E-state index in [-0.39, 0.29) is 37.3 Å². The number of benzene rings is 1. The van der Waals surface area contributed by atoms with Gasteiger partial charge in [-0.3, -0.25) is 9.78 Å². The summed E-state index contributed by atoms with van der Waals surface area (Å²) in [7, 11) is 0. The van der Waals surface area contributed by atoms with Gasteiger partial charge in [-0.25, -0.2) is 0 Å². The van der Waals surface area contributed by atoms with Crippen LogP contribution >= 0.6 is 36.4 Å². The molecule has 1 amide bonds. The van der Waals surface area contributed by atoms with E-state index in [1.54, 1.807) is 18.3 Å². The molecule has 3 rings (SSSR count). The number of fused-ring (bicyclic) bond motifs is 1. The van der Waals surface area contributed by atoms with Crippen LogP contribution in [0.3, 0.4) is 0 Å². The number of nitrogens with zero attached hydrogens (tertiary/aromatic N) is 1. The van der Waals surface area contributed by atoms with Gasteiger partial charge in [0, 0.05) is 37.1 Å². The molecule has 1 aromatic carbocycles. The van der Waals surface area contributed by atoms with Crippen LogP contribution in [0.1, 0.15) is 0 Å². The van der Waals surface area contributed by atoms with E-state index < -0.39 is 0 Å². The summed E-state index contributed by atoms with van der Waals surface area (Å²) in [5.41, 5.74) is 0.668. The fourth-order valence-electron chi connectivity index (χ4n) is 2.17. The zero-order valence-electron chi connectivity index (χ0n) is 12.3. The van der Waals surface area contributed by atoms with Gasteiger partial charge in [-0.2, -0.15) is 0 Å². The van der Waals surface area contributed by atoms with Crippen molar-refractivity contribution >= 4 is 53.2 Å². The third kappa shape index (κ3) is 4.85. The zero-order valence-corrected chi connectivity index (χ0v) is 14.6. The Bertz CT molecular complexity index is 665. The molecule has 0 unspecified atom stereocenters. The summed E-state index contributed by atoms with van der Waals surface area (Å²) in [4.78, 5) is 16.0. The van der Waals surface area contributed by atoms with Crippen LogP contribution in [-0.2, 0) is 4.79 Å². The van der Waals surface area contributed by atoms with Crippen LogP contribution in [0.25, 0.3) is 10.9 Å². The number of hydrogen-bond donors (Lipinski definition) is 2. The number of hydrogen-bond acceptors (Lipinski definition) is 4. The second-order valence-electron chi connectivity index (χ2n) is 5.06. The highest BCUT2D eigenvalue weighted by atomic mass is 35.5. The van der Waals surface area contributed by atoms with Gasteiger partial charge in [-0.05, 0) is 24.3 Å². The van der Waals surface area contributed by atoms with Gasteiger partial charge in [-0.15, -0.1) is 24.8 Å². The first kappa shape index (κ1) is 19.8. The predicted octanol–water partition coefficient (Wildman–Crippen LogP) is 2.45. The van der Waals surface area contributed by atoms with Crippen molar-refractivity contribution in [1.82, 2.24) is 15.6 Å². The van der Waals surface area contributed by atoms with Gasteiger partial charge >= 0.3 is 0 Å². The van der Waals surface area contributed by atoms with E-state index in [1.807, 2.05) is 12.1 Å². The van der Waals surface area contributed by atoms with Gasteiger partial charge in [0.2, 0.25) is 0 Å². The van der Waals surface area contributed by atoms with Gasteiger partial charge in [-0.1, -0.05) is 11.6 Å². The summed E-state index contributed by atoms with van der Waals surface area (Å²) >= 11 is 6.12. The molecule has 0 bridgehead atoms. The van der Waals surface area contributed by atoms with Crippen molar-refractivity contribution in [2.75, 3.05) is 26.2 Å². The molecule has 126 valence electrons. The molecule has 23 heavy (non-hydrogen) atoms. The lowest BCUT2D eigenvalue weighted by molar-refractivity contribution is -0.123. The molecule has 2 heterocycles. The smallest absolute Gasteiger partial charge is 0.257 e. The van der Waals surface area contributed by atoms with Crippen molar-refractivity contribution in [2.45, 2.75) is 0 Å².